The Labute approximate surface area is 123 Å². The molecule has 0 amide bonds. The fourth-order valence-corrected chi connectivity index (χ4v) is 2.66. The number of aromatic nitrogens is 1. The molecule has 20 heavy (non-hydrogen) atoms. The number of rotatable bonds is 6. The molecule has 0 radical (unpaired) electrons. The van der Waals surface area contributed by atoms with E-state index in [-0.39, 0.29) is 5.82 Å². The van der Waals surface area contributed by atoms with Crippen molar-refractivity contribution in [2.45, 2.75) is 19.4 Å². The van der Waals surface area contributed by atoms with E-state index < -0.39 is 0 Å². The highest BCUT2D eigenvalue weighted by molar-refractivity contribution is 7.14. The number of halogens is 1. The van der Waals surface area contributed by atoms with Crippen LogP contribution in [0.2, 0.25) is 0 Å². The van der Waals surface area contributed by atoms with Crippen molar-refractivity contribution in [3.8, 4) is 11.3 Å². The van der Waals surface area contributed by atoms with E-state index in [1.54, 1.807) is 23.5 Å². The Morgan fingerprint density at radius 1 is 1.30 bits per heavy atom. The van der Waals surface area contributed by atoms with Crippen LogP contribution in [0.5, 0.6) is 0 Å². The molecule has 1 N–H and O–H groups in total. The molecular weight excluding hydrogens is 273 g/mol. The van der Waals surface area contributed by atoms with Gasteiger partial charge in [-0.15, -0.1) is 11.3 Å². The van der Waals surface area contributed by atoms with Gasteiger partial charge in [-0.25, -0.2) is 9.37 Å². The van der Waals surface area contributed by atoms with Gasteiger partial charge in [0.15, 0.2) is 5.13 Å². The largest absolute Gasteiger partial charge is 0.359 e. The highest BCUT2D eigenvalue weighted by Crippen LogP contribution is 2.25. The van der Waals surface area contributed by atoms with Crippen molar-refractivity contribution in [2.75, 3.05) is 26.0 Å². The lowest BCUT2D eigenvalue weighted by molar-refractivity contribution is 0.390. The molecule has 0 aliphatic heterocycles. The van der Waals surface area contributed by atoms with Crippen LogP contribution in [0.15, 0.2) is 29.6 Å². The molecule has 1 atom stereocenters. The van der Waals surface area contributed by atoms with Gasteiger partial charge in [0.1, 0.15) is 5.82 Å². The number of benzene rings is 1. The summed E-state index contributed by atoms with van der Waals surface area (Å²) in [6.45, 7) is 3.20. The second kappa shape index (κ2) is 6.81. The Morgan fingerprint density at radius 3 is 2.65 bits per heavy atom. The molecule has 0 aliphatic rings. The van der Waals surface area contributed by atoms with Crippen molar-refractivity contribution < 1.29 is 4.39 Å². The van der Waals surface area contributed by atoms with Crippen LogP contribution in [-0.4, -0.2) is 36.6 Å². The Bertz CT molecular complexity index is 536. The molecule has 1 heterocycles. The molecule has 1 unspecified atom stereocenters. The molecule has 1 aromatic carbocycles. The first kappa shape index (κ1) is 14.9. The van der Waals surface area contributed by atoms with E-state index in [0.29, 0.717) is 6.04 Å². The SMILES string of the molecule is CC(CCN(C)C)Nc1nc(-c2ccc(F)cc2)cs1. The number of nitrogens with one attached hydrogen (secondary N) is 1. The van der Waals surface area contributed by atoms with Crippen LogP contribution in [-0.2, 0) is 0 Å². The zero-order valence-electron chi connectivity index (χ0n) is 12.1. The van der Waals surface area contributed by atoms with E-state index >= 15 is 0 Å². The van der Waals surface area contributed by atoms with Crippen LogP contribution >= 0.6 is 11.3 Å². The lowest BCUT2D eigenvalue weighted by Gasteiger charge is -2.15. The van der Waals surface area contributed by atoms with Crippen LogP contribution < -0.4 is 5.32 Å². The molecule has 0 bridgehead atoms. The molecule has 0 saturated heterocycles. The van der Waals surface area contributed by atoms with Crippen LogP contribution in [0.3, 0.4) is 0 Å². The minimum atomic E-state index is -0.223. The van der Waals surface area contributed by atoms with E-state index in [1.165, 1.54) is 12.1 Å². The topological polar surface area (TPSA) is 28.2 Å². The summed E-state index contributed by atoms with van der Waals surface area (Å²) in [5, 5.41) is 6.31. The minimum absolute atomic E-state index is 0.223. The molecular formula is C15H20FN3S. The second-order valence-electron chi connectivity index (χ2n) is 5.18. The maximum Gasteiger partial charge on any atom is 0.183 e. The fourth-order valence-electron chi connectivity index (χ4n) is 1.83. The molecule has 2 aromatic rings. The van der Waals surface area contributed by atoms with Gasteiger partial charge < -0.3 is 10.2 Å². The van der Waals surface area contributed by atoms with Crippen molar-refractivity contribution in [3.05, 3.63) is 35.5 Å². The molecule has 0 aliphatic carbocycles. The van der Waals surface area contributed by atoms with Crippen molar-refractivity contribution in [3.63, 3.8) is 0 Å². The first-order valence-electron chi connectivity index (χ1n) is 6.67. The van der Waals surface area contributed by atoms with E-state index in [0.717, 1.165) is 29.4 Å². The molecule has 0 saturated carbocycles. The van der Waals surface area contributed by atoms with Gasteiger partial charge in [-0.1, -0.05) is 0 Å². The second-order valence-corrected chi connectivity index (χ2v) is 6.04. The number of anilines is 1. The third kappa shape index (κ3) is 4.28. The molecule has 3 nitrogen and oxygen atoms in total. The Morgan fingerprint density at radius 2 is 2.00 bits per heavy atom. The van der Waals surface area contributed by atoms with Crippen molar-refractivity contribution in [2.24, 2.45) is 0 Å². The summed E-state index contributed by atoms with van der Waals surface area (Å²) in [5.74, 6) is -0.223. The Balaban J connectivity index is 1.96. The molecule has 0 fully saturated rings. The summed E-state index contributed by atoms with van der Waals surface area (Å²) in [6.07, 6.45) is 1.07. The Hall–Kier alpha value is -1.46. The van der Waals surface area contributed by atoms with Gasteiger partial charge in [-0.05, 0) is 58.3 Å². The van der Waals surface area contributed by atoms with Crippen molar-refractivity contribution >= 4 is 16.5 Å². The molecule has 2 rings (SSSR count). The zero-order valence-corrected chi connectivity index (χ0v) is 12.9. The number of thiazole rings is 1. The average molecular weight is 293 g/mol. The van der Waals surface area contributed by atoms with Crippen LogP contribution in [0.25, 0.3) is 11.3 Å². The summed E-state index contributed by atoms with van der Waals surface area (Å²) in [5.41, 5.74) is 1.83. The van der Waals surface area contributed by atoms with Crippen LogP contribution in [0.4, 0.5) is 9.52 Å². The van der Waals surface area contributed by atoms with Crippen molar-refractivity contribution in [1.29, 1.82) is 0 Å². The molecule has 0 spiro atoms. The van der Waals surface area contributed by atoms with E-state index in [1.807, 2.05) is 5.38 Å². The van der Waals surface area contributed by atoms with Crippen LogP contribution in [0.1, 0.15) is 13.3 Å². The summed E-state index contributed by atoms with van der Waals surface area (Å²) in [6, 6.07) is 6.81. The standard InChI is InChI=1S/C15H20FN3S/c1-11(8-9-19(2)3)17-15-18-14(10-20-15)12-4-6-13(16)7-5-12/h4-7,10-11H,8-9H2,1-3H3,(H,17,18). The third-order valence-corrected chi connectivity index (χ3v) is 3.80. The monoisotopic (exact) mass is 293 g/mol. The Kier molecular flexibility index (Phi) is 5.09. The van der Waals surface area contributed by atoms with Crippen molar-refractivity contribution in [1.82, 2.24) is 9.88 Å². The number of hydrogen-bond acceptors (Lipinski definition) is 4. The smallest absolute Gasteiger partial charge is 0.183 e. The van der Waals surface area contributed by atoms with Gasteiger partial charge in [0.2, 0.25) is 0 Å². The van der Waals surface area contributed by atoms with Gasteiger partial charge in [0.05, 0.1) is 5.69 Å². The maximum absolute atomic E-state index is 12.9. The van der Waals surface area contributed by atoms with Gasteiger partial charge >= 0.3 is 0 Å². The first-order chi connectivity index (χ1) is 9.54. The number of hydrogen-bond donors (Lipinski definition) is 1. The molecule has 1 aromatic heterocycles. The minimum Gasteiger partial charge on any atom is -0.359 e. The predicted molar refractivity (Wildman–Crippen MR) is 83.8 cm³/mol. The van der Waals surface area contributed by atoms with Gasteiger partial charge in [-0.3, -0.25) is 0 Å². The fraction of sp³-hybridized carbons (Fsp3) is 0.400. The summed E-state index contributed by atoms with van der Waals surface area (Å²) >= 11 is 1.58. The highest BCUT2D eigenvalue weighted by Gasteiger charge is 2.08. The summed E-state index contributed by atoms with van der Waals surface area (Å²) < 4.78 is 12.9. The van der Waals surface area contributed by atoms with Gasteiger partial charge in [-0.2, -0.15) is 0 Å². The summed E-state index contributed by atoms with van der Waals surface area (Å²) in [7, 11) is 4.14. The summed E-state index contributed by atoms with van der Waals surface area (Å²) in [4.78, 5) is 6.72. The van der Waals surface area contributed by atoms with E-state index in [2.05, 4.69) is 36.2 Å². The normalized spacial score (nSPS) is 12.7. The third-order valence-electron chi connectivity index (χ3n) is 3.02. The lowest BCUT2D eigenvalue weighted by Crippen LogP contribution is -2.22. The van der Waals surface area contributed by atoms with Gasteiger partial charge in [0, 0.05) is 17.0 Å². The number of nitrogens with zero attached hydrogens (tertiary/aromatic N) is 2. The van der Waals surface area contributed by atoms with E-state index in [9.17, 15) is 4.39 Å². The molecule has 5 heteroatoms. The maximum atomic E-state index is 12.9. The zero-order chi connectivity index (χ0) is 14.5. The average Bonchev–Trinajstić information content (AvgIpc) is 2.85. The lowest BCUT2D eigenvalue weighted by atomic mass is 10.2. The first-order valence-corrected chi connectivity index (χ1v) is 7.55. The van der Waals surface area contributed by atoms with Gasteiger partial charge in [0.25, 0.3) is 0 Å². The molecule has 108 valence electrons. The predicted octanol–water partition coefficient (Wildman–Crippen LogP) is 3.70. The highest BCUT2D eigenvalue weighted by atomic mass is 32.1. The quantitative estimate of drug-likeness (QED) is 0.880. The van der Waals surface area contributed by atoms with E-state index in [4.69, 9.17) is 0 Å². The van der Waals surface area contributed by atoms with Crippen LogP contribution in [0, 0.1) is 5.82 Å².